The zero-order valence-corrected chi connectivity index (χ0v) is 7.71. The molecule has 5 heteroatoms. The van der Waals surface area contributed by atoms with E-state index in [1.165, 1.54) is 0 Å². The van der Waals surface area contributed by atoms with Crippen LogP contribution in [0.1, 0.15) is 26.7 Å². The van der Waals surface area contributed by atoms with Crippen LogP contribution in [-0.2, 0) is 19.1 Å². The SMILES string of the molecule is CCC(=O)OCC(F)OC(=O)CC. The number of carbonyl (C=O) groups excluding carboxylic acids is 2. The van der Waals surface area contributed by atoms with Crippen molar-refractivity contribution >= 4 is 11.9 Å². The van der Waals surface area contributed by atoms with Crippen molar-refractivity contribution in [1.29, 1.82) is 0 Å². The van der Waals surface area contributed by atoms with E-state index >= 15 is 0 Å². The molecule has 0 saturated carbocycles. The molecule has 0 saturated heterocycles. The van der Waals surface area contributed by atoms with Gasteiger partial charge in [-0.15, -0.1) is 0 Å². The highest BCUT2D eigenvalue weighted by atomic mass is 19.1. The van der Waals surface area contributed by atoms with Crippen molar-refractivity contribution in [3.8, 4) is 0 Å². The fourth-order valence-electron chi connectivity index (χ4n) is 0.521. The van der Waals surface area contributed by atoms with Crippen LogP contribution in [0.5, 0.6) is 0 Å². The second kappa shape index (κ2) is 6.39. The summed E-state index contributed by atoms with van der Waals surface area (Å²) in [5.41, 5.74) is 0. The van der Waals surface area contributed by atoms with Crippen molar-refractivity contribution in [2.75, 3.05) is 6.61 Å². The van der Waals surface area contributed by atoms with Crippen LogP contribution < -0.4 is 0 Å². The molecular formula is C8H13FO4. The molecule has 1 atom stereocenters. The molecule has 0 N–H and O–H groups in total. The quantitative estimate of drug-likeness (QED) is 0.614. The number of halogens is 1. The van der Waals surface area contributed by atoms with Gasteiger partial charge in [0.15, 0.2) is 6.61 Å². The largest absolute Gasteiger partial charge is 0.459 e. The van der Waals surface area contributed by atoms with Crippen LogP contribution >= 0.6 is 0 Å². The summed E-state index contributed by atoms with van der Waals surface area (Å²) in [6.45, 7) is 2.61. The van der Waals surface area contributed by atoms with Crippen LogP contribution in [0, 0.1) is 0 Å². The van der Waals surface area contributed by atoms with E-state index in [0.29, 0.717) is 0 Å². The molecule has 0 aromatic heterocycles. The average Bonchev–Trinajstić information content (AvgIpc) is 2.13. The van der Waals surface area contributed by atoms with E-state index in [9.17, 15) is 14.0 Å². The van der Waals surface area contributed by atoms with Crippen molar-refractivity contribution in [3.63, 3.8) is 0 Å². The number of hydrogen-bond donors (Lipinski definition) is 0. The summed E-state index contributed by atoms with van der Waals surface area (Å²) in [7, 11) is 0. The third kappa shape index (κ3) is 6.07. The fourth-order valence-corrected chi connectivity index (χ4v) is 0.521. The van der Waals surface area contributed by atoms with E-state index in [2.05, 4.69) is 9.47 Å². The predicted molar refractivity (Wildman–Crippen MR) is 42.5 cm³/mol. The van der Waals surface area contributed by atoms with Gasteiger partial charge in [-0.05, 0) is 0 Å². The molecule has 0 aromatic rings. The fraction of sp³-hybridized carbons (Fsp3) is 0.750. The molecule has 0 heterocycles. The van der Waals surface area contributed by atoms with Gasteiger partial charge in [0, 0.05) is 12.8 Å². The Kier molecular flexibility index (Phi) is 5.84. The number of carbonyl (C=O) groups is 2. The summed E-state index contributed by atoms with van der Waals surface area (Å²) < 4.78 is 21.2. The maximum atomic E-state index is 12.6. The lowest BCUT2D eigenvalue weighted by Crippen LogP contribution is -2.20. The van der Waals surface area contributed by atoms with Gasteiger partial charge in [0.1, 0.15) is 0 Å². The van der Waals surface area contributed by atoms with Crippen molar-refractivity contribution in [2.45, 2.75) is 33.0 Å². The minimum absolute atomic E-state index is 0.0993. The third-order valence-electron chi connectivity index (χ3n) is 1.21. The smallest absolute Gasteiger partial charge is 0.308 e. The number of rotatable bonds is 5. The summed E-state index contributed by atoms with van der Waals surface area (Å²) in [4.78, 5) is 21.1. The molecule has 0 aliphatic carbocycles. The van der Waals surface area contributed by atoms with Crippen LogP contribution in [0.25, 0.3) is 0 Å². The van der Waals surface area contributed by atoms with Crippen molar-refractivity contribution in [1.82, 2.24) is 0 Å². The molecule has 0 amide bonds. The number of hydrogen-bond acceptors (Lipinski definition) is 4. The summed E-state index contributed by atoms with van der Waals surface area (Å²) in [6, 6.07) is 0. The van der Waals surface area contributed by atoms with Gasteiger partial charge in [0.25, 0.3) is 6.36 Å². The van der Waals surface area contributed by atoms with Gasteiger partial charge in [-0.2, -0.15) is 4.39 Å². The number of ether oxygens (including phenoxy) is 2. The van der Waals surface area contributed by atoms with Gasteiger partial charge in [-0.25, -0.2) is 0 Å². The highest BCUT2D eigenvalue weighted by Gasteiger charge is 2.13. The molecule has 0 fully saturated rings. The standard InChI is InChI=1S/C8H13FO4/c1-3-7(10)12-5-6(9)13-8(11)4-2/h6H,3-5H2,1-2H3. The van der Waals surface area contributed by atoms with Gasteiger partial charge in [-0.3, -0.25) is 9.59 Å². The van der Waals surface area contributed by atoms with Crippen molar-refractivity contribution in [2.24, 2.45) is 0 Å². The molecule has 13 heavy (non-hydrogen) atoms. The lowest BCUT2D eigenvalue weighted by molar-refractivity contribution is -0.169. The second-order valence-electron chi connectivity index (χ2n) is 2.29. The Balaban J connectivity index is 3.56. The molecule has 76 valence electrons. The van der Waals surface area contributed by atoms with Crippen molar-refractivity contribution < 1.29 is 23.5 Å². The molecule has 1 unspecified atom stereocenters. The first-order valence-corrected chi connectivity index (χ1v) is 4.09. The highest BCUT2D eigenvalue weighted by Crippen LogP contribution is 1.98. The molecule has 0 bridgehead atoms. The predicted octanol–water partition coefficient (Wildman–Crippen LogP) is 1.19. The van der Waals surface area contributed by atoms with Crippen LogP contribution in [0.4, 0.5) is 4.39 Å². The van der Waals surface area contributed by atoms with E-state index in [0.717, 1.165) is 0 Å². The summed E-state index contributed by atoms with van der Waals surface area (Å²) in [5, 5.41) is 0. The Hall–Kier alpha value is -1.13. The van der Waals surface area contributed by atoms with E-state index in [1.807, 2.05) is 0 Å². The number of alkyl halides is 1. The number of esters is 2. The average molecular weight is 192 g/mol. The minimum atomic E-state index is -1.86. The first-order valence-electron chi connectivity index (χ1n) is 4.09. The maximum absolute atomic E-state index is 12.6. The Morgan fingerprint density at radius 3 is 2.23 bits per heavy atom. The first kappa shape index (κ1) is 11.9. The lowest BCUT2D eigenvalue weighted by Gasteiger charge is -2.09. The van der Waals surface area contributed by atoms with Crippen LogP contribution in [-0.4, -0.2) is 24.9 Å². The molecule has 0 spiro atoms. The third-order valence-corrected chi connectivity index (χ3v) is 1.21. The van der Waals surface area contributed by atoms with E-state index < -0.39 is 24.9 Å². The van der Waals surface area contributed by atoms with E-state index in [-0.39, 0.29) is 12.8 Å². The molecule has 0 rings (SSSR count). The van der Waals surface area contributed by atoms with Crippen LogP contribution in [0.3, 0.4) is 0 Å². The summed E-state index contributed by atoms with van der Waals surface area (Å²) in [6.07, 6.45) is -1.58. The van der Waals surface area contributed by atoms with Gasteiger partial charge in [-0.1, -0.05) is 13.8 Å². The van der Waals surface area contributed by atoms with Gasteiger partial charge in [0.05, 0.1) is 0 Å². The van der Waals surface area contributed by atoms with Gasteiger partial charge in [0.2, 0.25) is 0 Å². The minimum Gasteiger partial charge on any atom is -0.459 e. The molecule has 0 aliphatic heterocycles. The van der Waals surface area contributed by atoms with E-state index in [1.54, 1.807) is 13.8 Å². The zero-order chi connectivity index (χ0) is 10.3. The molecule has 0 aromatic carbocycles. The summed E-state index contributed by atoms with van der Waals surface area (Å²) >= 11 is 0. The normalized spacial score (nSPS) is 11.9. The lowest BCUT2D eigenvalue weighted by atomic mass is 10.5. The first-order chi connectivity index (χ1) is 6.10. The molecule has 0 aliphatic rings. The van der Waals surface area contributed by atoms with Gasteiger partial charge >= 0.3 is 11.9 Å². The Labute approximate surface area is 76.0 Å². The topological polar surface area (TPSA) is 52.6 Å². The molecular weight excluding hydrogens is 179 g/mol. The zero-order valence-electron chi connectivity index (χ0n) is 7.71. The Morgan fingerprint density at radius 2 is 1.77 bits per heavy atom. The Bertz CT molecular complexity index is 181. The summed E-state index contributed by atoms with van der Waals surface area (Å²) in [5.74, 6) is -1.17. The van der Waals surface area contributed by atoms with Gasteiger partial charge < -0.3 is 9.47 Å². The highest BCUT2D eigenvalue weighted by molar-refractivity contribution is 5.69. The van der Waals surface area contributed by atoms with Crippen LogP contribution in [0.2, 0.25) is 0 Å². The van der Waals surface area contributed by atoms with E-state index in [4.69, 9.17) is 0 Å². The van der Waals surface area contributed by atoms with Crippen LogP contribution in [0.15, 0.2) is 0 Å². The maximum Gasteiger partial charge on any atom is 0.308 e. The molecule has 4 nitrogen and oxygen atoms in total. The molecule has 0 radical (unpaired) electrons. The second-order valence-corrected chi connectivity index (χ2v) is 2.29. The monoisotopic (exact) mass is 192 g/mol. The Morgan fingerprint density at radius 1 is 1.23 bits per heavy atom. The van der Waals surface area contributed by atoms with Crippen molar-refractivity contribution in [3.05, 3.63) is 0 Å².